The van der Waals surface area contributed by atoms with Crippen molar-refractivity contribution >= 4 is 11.1 Å². The van der Waals surface area contributed by atoms with E-state index in [0.717, 1.165) is 28.1 Å². The van der Waals surface area contributed by atoms with Crippen LogP contribution in [0.5, 0.6) is 0 Å². The topological polar surface area (TPSA) is 15.8 Å². The highest BCUT2D eigenvalue weighted by Gasteiger charge is 2.02. The number of hydrogen-bond acceptors (Lipinski definition) is 0. The largest absolute Gasteiger partial charge is 0.355 e. The Bertz CT molecular complexity index is 522. The number of nitrogens with one attached hydrogen (secondary N) is 1. The molecule has 0 aliphatic carbocycles. The maximum Gasteiger partial charge on any atom is 0.0452 e. The van der Waals surface area contributed by atoms with Crippen molar-refractivity contribution in [2.75, 3.05) is 0 Å². The third-order valence-corrected chi connectivity index (χ3v) is 2.61. The Morgan fingerprint density at radius 1 is 1.06 bits per heavy atom. The fourth-order valence-corrected chi connectivity index (χ4v) is 1.72. The van der Waals surface area contributed by atoms with E-state index in [1.807, 2.05) is 44.2 Å². The molecule has 1 nitrogen and oxygen atoms in total. The van der Waals surface area contributed by atoms with Gasteiger partial charge in [-0.3, -0.25) is 0 Å². The summed E-state index contributed by atoms with van der Waals surface area (Å²) in [5, 5.41) is 0. The molecular weight excluding hydrogens is 218 g/mol. The predicted molar refractivity (Wildman–Crippen MR) is 82.2 cm³/mol. The molecule has 1 heterocycles. The molecule has 1 aromatic heterocycles. The number of allylic oxidation sites excluding steroid dienone is 8. The lowest BCUT2D eigenvalue weighted by Crippen LogP contribution is -1.83. The molecule has 0 bridgehead atoms. The van der Waals surface area contributed by atoms with Crippen LogP contribution in [0.2, 0.25) is 0 Å². The van der Waals surface area contributed by atoms with E-state index in [-0.39, 0.29) is 0 Å². The normalized spacial score (nSPS) is 12.5. The Kier molecular flexibility index (Phi) is 5.19. The highest BCUT2D eigenvalue weighted by Crippen LogP contribution is 2.19. The van der Waals surface area contributed by atoms with Crippen molar-refractivity contribution in [3.8, 4) is 0 Å². The van der Waals surface area contributed by atoms with Crippen molar-refractivity contribution in [1.82, 2.24) is 4.98 Å². The maximum absolute atomic E-state index is 4.01. The van der Waals surface area contributed by atoms with Crippen LogP contribution in [0, 0.1) is 0 Å². The van der Waals surface area contributed by atoms with E-state index in [0.29, 0.717) is 0 Å². The van der Waals surface area contributed by atoms with Gasteiger partial charge in [-0.1, -0.05) is 43.5 Å². The second-order valence-electron chi connectivity index (χ2n) is 4.21. The molecule has 0 aliphatic rings. The van der Waals surface area contributed by atoms with Gasteiger partial charge in [0.25, 0.3) is 0 Å². The Labute approximate surface area is 110 Å². The highest BCUT2D eigenvalue weighted by molar-refractivity contribution is 5.73. The zero-order chi connectivity index (χ0) is 13.5. The minimum absolute atomic E-state index is 0.990. The molecule has 1 rings (SSSR count). The first-order chi connectivity index (χ1) is 8.58. The molecule has 0 aliphatic heterocycles. The van der Waals surface area contributed by atoms with Gasteiger partial charge < -0.3 is 4.98 Å². The van der Waals surface area contributed by atoms with Gasteiger partial charge in [-0.25, -0.2) is 0 Å². The smallest absolute Gasteiger partial charge is 0.0452 e. The molecule has 1 aromatic rings. The average Bonchev–Trinajstić information content (AvgIpc) is 2.78. The summed E-state index contributed by atoms with van der Waals surface area (Å²) in [6.07, 6.45) is 10.0. The van der Waals surface area contributed by atoms with Crippen molar-refractivity contribution in [3.05, 3.63) is 72.6 Å². The lowest BCUT2D eigenvalue weighted by Gasteiger charge is -1.99. The summed E-state index contributed by atoms with van der Waals surface area (Å²) in [7, 11) is 0. The molecule has 1 N–H and O–H groups in total. The van der Waals surface area contributed by atoms with Gasteiger partial charge in [0.1, 0.15) is 0 Å². The molecule has 0 saturated carbocycles. The van der Waals surface area contributed by atoms with Gasteiger partial charge in [-0.2, -0.15) is 0 Å². The lowest BCUT2D eigenvalue weighted by atomic mass is 10.1. The van der Waals surface area contributed by atoms with Crippen LogP contribution in [0.4, 0.5) is 0 Å². The van der Waals surface area contributed by atoms with Crippen LogP contribution >= 0.6 is 0 Å². The second kappa shape index (κ2) is 6.65. The quantitative estimate of drug-likeness (QED) is 0.685. The van der Waals surface area contributed by atoms with Crippen molar-refractivity contribution < 1.29 is 0 Å². The van der Waals surface area contributed by atoms with Crippen LogP contribution in [0.25, 0.3) is 11.1 Å². The second-order valence-corrected chi connectivity index (χ2v) is 4.21. The van der Waals surface area contributed by atoms with E-state index in [2.05, 4.69) is 37.2 Å². The molecule has 0 radical (unpaired) electrons. The van der Waals surface area contributed by atoms with Crippen molar-refractivity contribution in [1.29, 1.82) is 0 Å². The third-order valence-electron chi connectivity index (χ3n) is 2.61. The van der Waals surface area contributed by atoms with E-state index < -0.39 is 0 Å². The minimum atomic E-state index is 0.990. The number of hydrogen-bond donors (Lipinski definition) is 1. The van der Waals surface area contributed by atoms with Gasteiger partial charge in [0.15, 0.2) is 0 Å². The van der Waals surface area contributed by atoms with E-state index in [1.54, 1.807) is 0 Å². The first-order valence-electron chi connectivity index (χ1n) is 6.09. The summed E-state index contributed by atoms with van der Waals surface area (Å²) in [5.41, 5.74) is 5.30. The van der Waals surface area contributed by atoms with Crippen LogP contribution < -0.4 is 0 Å². The van der Waals surface area contributed by atoms with Crippen LogP contribution in [0.15, 0.2) is 61.2 Å². The molecule has 0 spiro atoms. The van der Waals surface area contributed by atoms with Crippen LogP contribution in [-0.2, 0) is 0 Å². The van der Waals surface area contributed by atoms with Gasteiger partial charge >= 0.3 is 0 Å². The lowest BCUT2D eigenvalue weighted by molar-refractivity contribution is 1.30. The minimum Gasteiger partial charge on any atom is -0.355 e. The van der Waals surface area contributed by atoms with Crippen LogP contribution in [0.3, 0.4) is 0 Å². The molecule has 0 aromatic carbocycles. The Morgan fingerprint density at radius 3 is 2.28 bits per heavy atom. The maximum atomic E-state index is 4.01. The van der Waals surface area contributed by atoms with Crippen molar-refractivity contribution in [2.24, 2.45) is 0 Å². The zero-order valence-corrected chi connectivity index (χ0v) is 11.5. The average molecular weight is 239 g/mol. The molecule has 0 fully saturated rings. The van der Waals surface area contributed by atoms with E-state index in [4.69, 9.17) is 0 Å². The Hall–Kier alpha value is -2.02. The third kappa shape index (κ3) is 3.77. The summed E-state index contributed by atoms with van der Waals surface area (Å²) < 4.78 is 0. The van der Waals surface area contributed by atoms with Crippen LogP contribution in [-0.4, -0.2) is 4.98 Å². The van der Waals surface area contributed by atoms with Gasteiger partial charge in [0, 0.05) is 11.4 Å². The first kappa shape index (κ1) is 14.0. The van der Waals surface area contributed by atoms with Gasteiger partial charge in [0.2, 0.25) is 0 Å². The summed E-state index contributed by atoms with van der Waals surface area (Å²) in [6.45, 7) is 14.0. The Balaban J connectivity index is 2.92. The molecule has 18 heavy (non-hydrogen) atoms. The van der Waals surface area contributed by atoms with E-state index in [1.165, 1.54) is 0 Å². The fourth-order valence-electron chi connectivity index (χ4n) is 1.72. The highest BCUT2D eigenvalue weighted by atomic mass is 14.7. The van der Waals surface area contributed by atoms with Crippen molar-refractivity contribution in [2.45, 2.75) is 20.8 Å². The molecular formula is C17H21N. The summed E-state index contributed by atoms with van der Waals surface area (Å²) in [6, 6.07) is 4.12. The summed E-state index contributed by atoms with van der Waals surface area (Å²) in [5.74, 6) is 0. The Morgan fingerprint density at radius 2 is 1.67 bits per heavy atom. The predicted octanol–water partition coefficient (Wildman–Crippen LogP) is 5.14. The molecule has 0 saturated heterocycles. The molecule has 0 unspecified atom stereocenters. The fraction of sp³-hybridized carbons (Fsp3) is 0.176. The zero-order valence-electron chi connectivity index (χ0n) is 11.5. The van der Waals surface area contributed by atoms with Crippen LogP contribution in [0.1, 0.15) is 32.2 Å². The molecule has 0 amide bonds. The first-order valence-corrected chi connectivity index (χ1v) is 6.09. The molecule has 0 atom stereocenters. The van der Waals surface area contributed by atoms with Gasteiger partial charge in [-0.05, 0) is 49.6 Å². The monoisotopic (exact) mass is 239 g/mol. The van der Waals surface area contributed by atoms with Gasteiger partial charge in [-0.15, -0.1) is 0 Å². The molecule has 1 heteroatoms. The van der Waals surface area contributed by atoms with E-state index >= 15 is 0 Å². The van der Waals surface area contributed by atoms with Gasteiger partial charge in [0.05, 0.1) is 0 Å². The SMILES string of the molecule is C=C(/C=C\C)/C=C(\C)c1ccc(C(=C)/C=C\C)[nH]1. The number of aromatic amines is 1. The number of H-pyrrole nitrogens is 1. The number of rotatable bonds is 5. The van der Waals surface area contributed by atoms with E-state index in [9.17, 15) is 0 Å². The molecule has 94 valence electrons. The number of aromatic nitrogens is 1. The summed E-state index contributed by atoms with van der Waals surface area (Å²) >= 11 is 0. The van der Waals surface area contributed by atoms with Crippen molar-refractivity contribution in [3.63, 3.8) is 0 Å². The standard InChI is InChI=1S/C17H21N/c1-6-8-13(3)12-15(5)17-11-10-16(18-17)14(4)9-7-2/h6-12,18H,3-4H2,1-2,5H3/b8-6-,9-7-,15-12+. The summed E-state index contributed by atoms with van der Waals surface area (Å²) in [4.78, 5) is 3.36.